The van der Waals surface area contributed by atoms with Crippen LogP contribution in [0.3, 0.4) is 0 Å². The van der Waals surface area contributed by atoms with Gasteiger partial charge in [-0.05, 0) is 222 Å². The van der Waals surface area contributed by atoms with Crippen molar-refractivity contribution < 1.29 is 102 Å². The minimum absolute atomic E-state index is 0. The standard InChI is InChI=1S/2C30H43NP2.2C26H24P2.2CH2Cl2.4BF4.2Ni/c2*1-5-14-26(15-6-1)30(27-16-7-2-8-17-27)31-24-32(28-18-9-3-10-19-28)22-13-23-33(25-31)29-20-11-4-12-21-29;2*1-5-13-23(14-6-1)27(24-15-7-2-8-16-24)21-22-28(25-17-9-3-10-18-25)26-19-11-4-12-20-26;2*2-1-3;4*2-1(3,4)5;;/h2*1-2,5-8,14-17,28-30H,3-4,9-13,18-25H2;2*1-20H,21-22H2;2*1H2;;;;;;/q;;;;;;4*-1;2*+2/p+8. The third kappa shape index (κ3) is 53.3. The number of hydrogen-bond donors (Lipinski definition) is 0. The van der Waals surface area contributed by atoms with E-state index in [0.29, 0.717) is 12.1 Å². The van der Waals surface area contributed by atoms with Gasteiger partial charge >= 0.3 is 62.0 Å². The average Bonchev–Trinajstić information content (AvgIpc) is 0.788. The number of nitrogens with zero attached hydrogens (tertiary/aromatic N) is 2. The van der Waals surface area contributed by atoms with Crippen LogP contribution in [0.25, 0.3) is 0 Å². The summed E-state index contributed by atoms with van der Waals surface area (Å²) in [5.41, 5.74) is 10.3. The zero-order chi connectivity index (χ0) is 106. The third-order valence-corrected chi connectivity index (χ3v) is 54.2. The van der Waals surface area contributed by atoms with E-state index in [0.717, 1.165) is 22.6 Å². The first-order valence-corrected chi connectivity index (χ1v) is 69.0. The molecule has 2 aliphatic heterocycles. The molecule has 2 nitrogen and oxygen atoms in total. The van der Waals surface area contributed by atoms with Gasteiger partial charge in [-0.15, -0.1) is 46.4 Å². The van der Waals surface area contributed by atoms with Crippen molar-refractivity contribution in [3.8, 4) is 0 Å². The SMILES string of the molecule is ClCCl.ClCCl.F[B-](F)(F)F.F[B-](F)(F)F.F[B-](F)(F)F.F[B-](F)(F)F.[Ni+2].[Ni+2].c1ccc(C(c2ccccc2)N2C[PH+](C3CCCCC3)CCC[PH+](C3CCCCC3)C2)cc1.c1ccc(C(c2ccccc2)N2C[PH+](C3CCCCC3)CCC[PH+](C3CCCCC3)C2)cc1.c1ccc([PH+](CC[PH+](c2ccccc2)c2ccccc2)c2ccccc2)cc1.c1ccc([PH+](CC[PH+](c2ccccc2)c2ccccc2)c2ccccc2)cc1. The fourth-order valence-corrected chi connectivity index (χ4v) is 49.0. The monoisotopic (exact) mass is 2390 g/mol. The van der Waals surface area contributed by atoms with Crippen LogP contribution in [-0.4, -0.2) is 147 Å². The zero-order valence-electron chi connectivity index (χ0n) is 85.0. The Balaban J connectivity index is 0.000000249. The van der Waals surface area contributed by atoms with Crippen molar-refractivity contribution in [2.24, 2.45) is 0 Å². The van der Waals surface area contributed by atoms with Crippen LogP contribution in [0.2, 0.25) is 0 Å². The summed E-state index contributed by atoms with van der Waals surface area (Å²) >= 11 is 19.1. The summed E-state index contributed by atoms with van der Waals surface area (Å²) in [6, 6.07) is 136. The van der Waals surface area contributed by atoms with Gasteiger partial charge in [0.2, 0.25) is 0 Å². The summed E-state index contributed by atoms with van der Waals surface area (Å²) in [4.78, 5) is 6.10. The fraction of sp³-hybridized carbons (Fsp3) is 0.368. The molecule has 4 unspecified atom stereocenters. The Bertz CT molecular complexity index is 4530. The molecule has 6 aliphatic rings. The molecule has 0 N–H and O–H groups in total. The van der Waals surface area contributed by atoms with Gasteiger partial charge < -0.3 is 69.1 Å². The van der Waals surface area contributed by atoms with Gasteiger partial charge in [-0.3, -0.25) is 0 Å². The van der Waals surface area contributed by atoms with Crippen LogP contribution in [0.15, 0.2) is 364 Å². The first kappa shape index (κ1) is 132. The molecule has 4 saturated carbocycles. The quantitative estimate of drug-likeness (QED) is 0.0257. The second-order valence-corrected chi connectivity index (χ2v) is 61.8. The van der Waals surface area contributed by atoms with Crippen LogP contribution < -0.4 is 42.4 Å². The maximum absolute atomic E-state index is 9.75. The average molecular weight is 2400 g/mol. The summed E-state index contributed by atoms with van der Waals surface area (Å²) in [7, 11) is -28.4. The molecule has 12 aromatic rings. The molecule has 0 amide bonds. The molecule has 4 atom stereocenters. The van der Waals surface area contributed by atoms with E-state index in [9.17, 15) is 69.1 Å². The number of alkyl halides is 4. The Labute approximate surface area is 932 Å². The van der Waals surface area contributed by atoms with E-state index >= 15 is 0 Å². The number of hydrogen-bond acceptors (Lipinski definition) is 2. The van der Waals surface area contributed by atoms with Crippen LogP contribution in [0.5, 0.6) is 0 Å². The van der Waals surface area contributed by atoms with Crippen LogP contribution in [0.4, 0.5) is 69.1 Å². The predicted octanol–water partition coefficient (Wildman–Crippen LogP) is 34.5. The van der Waals surface area contributed by atoms with E-state index < -0.39 is 60.7 Å². The van der Waals surface area contributed by atoms with E-state index in [1.54, 1.807) is 37.5 Å². The summed E-state index contributed by atoms with van der Waals surface area (Å²) in [5, 5.41) is 12.5. The van der Waals surface area contributed by atoms with E-state index in [1.165, 1.54) is 243 Å². The molecule has 0 aromatic heterocycles. The topological polar surface area (TPSA) is 6.48 Å². The van der Waals surface area contributed by atoms with E-state index in [1.807, 2.05) is 0 Å². The maximum atomic E-state index is 9.75. The maximum Gasteiger partial charge on any atom is 2.00 e. The van der Waals surface area contributed by atoms with Gasteiger partial charge in [0.25, 0.3) is 0 Å². The fourth-order valence-electron chi connectivity index (χ4n) is 21.5. The largest absolute Gasteiger partial charge is 2.00 e. The molecule has 6 fully saturated rings. The van der Waals surface area contributed by atoms with Crippen molar-refractivity contribution in [2.45, 2.75) is 176 Å². The minimum atomic E-state index is -6.00. The molecule has 150 heavy (non-hydrogen) atoms. The Hall–Kier alpha value is -4.71. The van der Waals surface area contributed by atoms with E-state index in [-0.39, 0.29) is 75.3 Å². The molecule has 0 bridgehead atoms. The first-order valence-electron chi connectivity index (χ1n) is 52.1. The van der Waals surface area contributed by atoms with Crippen molar-refractivity contribution in [3.63, 3.8) is 0 Å². The van der Waals surface area contributed by atoms with Crippen molar-refractivity contribution in [1.29, 1.82) is 0 Å². The normalized spacial score (nSPS) is 17.7. The molecular weight excluding hydrogens is 2250 g/mol. The van der Waals surface area contributed by atoms with Gasteiger partial charge in [0.05, 0.1) is 144 Å². The smallest absolute Gasteiger partial charge is 0.418 e. The van der Waals surface area contributed by atoms with Gasteiger partial charge in [0.15, 0.2) is 0 Å². The van der Waals surface area contributed by atoms with Gasteiger partial charge in [-0.2, -0.15) is 0 Å². The zero-order valence-corrected chi connectivity index (χ0v) is 98.0. The van der Waals surface area contributed by atoms with E-state index in [2.05, 4.69) is 374 Å². The number of benzene rings is 12. The molecule has 4 aliphatic carbocycles. The van der Waals surface area contributed by atoms with Crippen molar-refractivity contribution in [3.05, 3.63) is 386 Å². The van der Waals surface area contributed by atoms with Crippen LogP contribution >= 0.6 is 110 Å². The number of rotatable bonds is 24. The van der Waals surface area contributed by atoms with Gasteiger partial charge in [-0.1, -0.05) is 293 Å². The third-order valence-electron chi connectivity index (χ3n) is 27.8. The molecule has 18 rings (SSSR count). The summed E-state index contributed by atoms with van der Waals surface area (Å²) < 4.78 is 156. The van der Waals surface area contributed by atoms with Crippen molar-refractivity contribution in [1.82, 2.24) is 9.80 Å². The van der Waals surface area contributed by atoms with Gasteiger partial charge in [0.1, 0.15) is 49.8 Å². The Morgan fingerprint density at radius 2 is 0.327 bits per heavy atom. The molecule has 2 heterocycles. The van der Waals surface area contributed by atoms with Crippen molar-refractivity contribution >= 4 is 181 Å². The molecule has 2 saturated heterocycles. The number of halogens is 20. The molecule has 12 aromatic carbocycles. The molecule has 36 heteroatoms. The van der Waals surface area contributed by atoms with Gasteiger partial charge in [0, 0.05) is 44.5 Å². The summed E-state index contributed by atoms with van der Waals surface area (Å²) in [6.45, 7) is 0. The van der Waals surface area contributed by atoms with E-state index in [4.69, 9.17) is 46.4 Å². The summed E-state index contributed by atoms with van der Waals surface area (Å²) in [5.74, 6) is 0. The minimum Gasteiger partial charge on any atom is -0.418 e. The first-order chi connectivity index (χ1) is 71.4. The summed E-state index contributed by atoms with van der Waals surface area (Å²) in [6.07, 6.45) is 50.4. The predicted molar refractivity (Wildman–Crippen MR) is 637 cm³/mol. The molecule has 0 radical (unpaired) electrons. The van der Waals surface area contributed by atoms with Gasteiger partial charge in [-0.25, -0.2) is 9.80 Å². The van der Waals surface area contributed by atoms with Crippen molar-refractivity contribution in [2.75, 3.05) is 85.1 Å². The Morgan fingerprint density at radius 3 is 0.453 bits per heavy atom. The van der Waals surface area contributed by atoms with Crippen LogP contribution in [-0.2, 0) is 33.0 Å². The van der Waals surface area contributed by atoms with Crippen LogP contribution in [0.1, 0.15) is 176 Å². The Morgan fingerprint density at radius 1 is 0.207 bits per heavy atom. The van der Waals surface area contributed by atoms with Crippen LogP contribution in [0, 0.1) is 0 Å². The second kappa shape index (κ2) is 74.6. The molecule has 0 spiro atoms. The Kier molecular flexibility index (Phi) is 65.7. The molecular formula is C114H146B4Cl4F16N2Ni2P8+8. The molecule has 816 valence electrons. The second-order valence-electron chi connectivity index (χ2n) is 38.0.